The van der Waals surface area contributed by atoms with Crippen LogP contribution in [0.4, 0.5) is 0 Å². The smallest absolute Gasteiger partial charge is 0.208 e. The highest BCUT2D eigenvalue weighted by Crippen LogP contribution is 2.28. The summed E-state index contributed by atoms with van der Waals surface area (Å²) in [7, 11) is 30.6. The summed E-state index contributed by atoms with van der Waals surface area (Å²) in [5.74, 6) is 0.968. The second-order valence-electron chi connectivity index (χ2n) is 9.42. The summed E-state index contributed by atoms with van der Waals surface area (Å²) in [5.41, 5.74) is 6.42. The Kier molecular flexibility index (Phi) is 6.89. The van der Waals surface area contributed by atoms with E-state index in [1.165, 1.54) is 0 Å². The maximum Gasteiger partial charge on any atom is 0.226 e. The van der Waals surface area contributed by atoms with E-state index in [0.717, 1.165) is 38.6 Å². The van der Waals surface area contributed by atoms with E-state index in [1.807, 2.05) is 78.9 Å². The molecule has 0 saturated heterocycles. The van der Waals surface area contributed by atoms with Crippen LogP contribution in [0.25, 0.3) is 55.8 Å². The topological polar surface area (TPSA) is 38.7 Å². The zero-order valence-electron chi connectivity index (χ0n) is 21.3. The van der Waals surface area contributed by atoms with E-state index in [0.29, 0.717) is 28.1 Å². The average molecular weight is 519 g/mol. The zero-order valence-corrected chi connectivity index (χ0v) is 22.0. The first kappa shape index (κ1) is 26.2. The van der Waals surface area contributed by atoms with Gasteiger partial charge in [0.15, 0.2) is 11.6 Å². The third-order valence-electron chi connectivity index (χ3n) is 6.94. The summed E-state index contributed by atoms with van der Waals surface area (Å²) in [6, 6.07) is 29.9. The summed E-state index contributed by atoms with van der Waals surface area (Å²) in [4.78, 5) is 13.5. The highest BCUT2D eigenvalue weighted by molar-refractivity contribution is 6.68. The predicted molar refractivity (Wildman–Crippen MR) is 171 cm³/mol. The highest BCUT2D eigenvalue weighted by Gasteiger charge is 2.14. The second kappa shape index (κ2) is 10.5. The minimum atomic E-state index is 0.118. The Morgan fingerprint density at radius 2 is 0.875 bits per heavy atom. The van der Waals surface area contributed by atoms with E-state index in [4.69, 9.17) is 55.8 Å². The lowest BCUT2D eigenvalue weighted by atomic mass is 9.59. The van der Waals surface area contributed by atoms with Gasteiger partial charge in [0.1, 0.15) is 39.2 Å². The average Bonchev–Trinajstić information content (AvgIpc) is 2.99. The molecule has 0 atom stereocenters. The summed E-state index contributed by atoms with van der Waals surface area (Å²) < 4.78 is 0. The fourth-order valence-corrected chi connectivity index (χ4v) is 4.91. The number of rotatable bonds is 4. The molecule has 0 aliphatic rings. The van der Waals surface area contributed by atoms with Gasteiger partial charge in [-0.25, -0.2) is 4.98 Å². The third kappa shape index (κ3) is 4.78. The van der Waals surface area contributed by atoms with Gasteiger partial charge >= 0.3 is 0 Å². The standard InChI is InChI=1S/C31H15B5ClN3/c32-24-23(25(33)27(35)28(36)26(24)34)21-12-10-20-15-22(13-11-19(20)14-21)30-38-29(39-31(37)40-30)18-8-6-17(7-9-18)16-4-2-1-3-5-16/h1-15H. The minimum Gasteiger partial charge on any atom is -0.208 e. The first-order valence-corrected chi connectivity index (χ1v) is 12.8. The van der Waals surface area contributed by atoms with Crippen molar-refractivity contribution >= 4 is 88.9 Å². The van der Waals surface area contributed by atoms with Gasteiger partial charge in [-0.2, -0.15) is 9.97 Å². The van der Waals surface area contributed by atoms with Gasteiger partial charge in [0.25, 0.3) is 0 Å². The van der Waals surface area contributed by atoms with Gasteiger partial charge in [-0.3, -0.25) is 0 Å². The Hall–Kier alpha value is -4.02. The van der Waals surface area contributed by atoms with E-state index in [1.54, 1.807) is 0 Å². The number of nitrogens with zero attached hydrogens (tertiary/aromatic N) is 3. The van der Waals surface area contributed by atoms with Crippen molar-refractivity contribution in [2.45, 2.75) is 0 Å². The maximum absolute atomic E-state index is 6.33. The Morgan fingerprint density at radius 1 is 0.425 bits per heavy atom. The SMILES string of the molecule is [B]c1c([B])c([B])c(-c2ccc3cc(-c4nc(Cl)nc(-c5ccc(-c6ccccc6)cc5)n4)ccc3c2)c([B])c1[B]. The molecule has 0 bridgehead atoms. The predicted octanol–water partition coefficient (Wildman–Crippen LogP) is 2.32. The molecule has 0 saturated carbocycles. The molecular formula is C31H15B5ClN3. The van der Waals surface area contributed by atoms with Crippen molar-refractivity contribution in [1.29, 1.82) is 0 Å². The summed E-state index contributed by atoms with van der Waals surface area (Å²) in [6.45, 7) is 0. The lowest BCUT2D eigenvalue weighted by molar-refractivity contribution is 1.07. The molecule has 0 aliphatic carbocycles. The van der Waals surface area contributed by atoms with Gasteiger partial charge in [-0.1, -0.05) is 89.8 Å². The number of fused-ring (bicyclic) bond motifs is 1. The van der Waals surface area contributed by atoms with Gasteiger partial charge in [-0.15, -0.1) is 16.4 Å². The van der Waals surface area contributed by atoms with Crippen LogP contribution in [0.2, 0.25) is 5.28 Å². The first-order chi connectivity index (χ1) is 19.3. The molecule has 176 valence electrons. The summed E-state index contributed by atoms with van der Waals surface area (Å²) >= 11 is 6.33. The van der Waals surface area contributed by atoms with Gasteiger partial charge in [0.05, 0.1) is 0 Å². The Bertz CT molecular complexity index is 1880. The van der Waals surface area contributed by atoms with Crippen molar-refractivity contribution < 1.29 is 0 Å². The van der Waals surface area contributed by atoms with Crippen LogP contribution in [0.1, 0.15) is 0 Å². The number of aromatic nitrogens is 3. The van der Waals surface area contributed by atoms with Crippen LogP contribution < -0.4 is 27.3 Å². The monoisotopic (exact) mass is 519 g/mol. The van der Waals surface area contributed by atoms with Crippen molar-refractivity contribution in [1.82, 2.24) is 15.0 Å². The molecule has 5 aromatic carbocycles. The lowest BCUT2D eigenvalue weighted by Crippen LogP contribution is -2.55. The van der Waals surface area contributed by atoms with Gasteiger partial charge < -0.3 is 0 Å². The molecule has 6 rings (SSSR count). The molecule has 10 radical (unpaired) electrons. The summed E-state index contributed by atoms with van der Waals surface area (Å²) in [5, 5.41) is 2.03. The zero-order chi connectivity index (χ0) is 28.0. The normalized spacial score (nSPS) is 11.1. The molecule has 0 amide bonds. The van der Waals surface area contributed by atoms with Crippen molar-refractivity contribution in [3.8, 4) is 45.0 Å². The molecular weight excluding hydrogens is 504 g/mol. The Labute approximate surface area is 244 Å². The maximum atomic E-state index is 6.33. The fourth-order valence-electron chi connectivity index (χ4n) is 4.75. The molecule has 3 nitrogen and oxygen atoms in total. The van der Waals surface area contributed by atoms with E-state index in [2.05, 4.69) is 22.1 Å². The molecule has 40 heavy (non-hydrogen) atoms. The lowest BCUT2D eigenvalue weighted by Gasteiger charge is -2.21. The molecule has 0 N–H and O–H groups in total. The van der Waals surface area contributed by atoms with Crippen LogP contribution in [0.3, 0.4) is 0 Å². The van der Waals surface area contributed by atoms with E-state index in [-0.39, 0.29) is 21.7 Å². The number of hydrogen-bond acceptors (Lipinski definition) is 3. The van der Waals surface area contributed by atoms with Crippen LogP contribution in [0.15, 0.2) is 91.0 Å². The van der Waals surface area contributed by atoms with Crippen molar-refractivity contribution in [3.63, 3.8) is 0 Å². The fraction of sp³-hybridized carbons (Fsp3) is 0. The highest BCUT2D eigenvalue weighted by atomic mass is 35.5. The number of hydrogen-bond donors (Lipinski definition) is 0. The van der Waals surface area contributed by atoms with Crippen LogP contribution in [-0.4, -0.2) is 54.2 Å². The van der Waals surface area contributed by atoms with Crippen LogP contribution in [-0.2, 0) is 0 Å². The van der Waals surface area contributed by atoms with Crippen LogP contribution in [0.5, 0.6) is 0 Å². The van der Waals surface area contributed by atoms with Gasteiger partial charge in [0, 0.05) is 11.1 Å². The Balaban J connectivity index is 1.36. The molecule has 0 fully saturated rings. The molecule has 6 aromatic rings. The third-order valence-corrected chi connectivity index (χ3v) is 7.11. The first-order valence-electron chi connectivity index (χ1n) is 12.4. The largest absolute Gasteiger partial charge is 0.226 e. The molecule has 1 aromatic heterocycles. The van der Waals surface area contributed by atoms with Crippen molar-refractivity contribution in [2.75, 3.05) is 0 Å². The quantitative estimate of drug-likeness (QED) is 0.336. The molecule has 0 spiro atoms. The second-order valence-corrected chi connectivity index (χ2v) is 9.75. The molecule has 0 unspecified atom stereocenters. The minimum absolute atomic E-state index is 0.118. The molecule has 9 heteroatoms. The number of halogens is 1. The van der Waals surface area contributed by atoms with Crippen LogP contribution in [0, 0.1) is 0 Å². The summed E-state index contributed by atoms with van der Waals surface area (Å²) in [6.07, 6.45) is 0. The van der Waals surface area contributed by atoms with Gasteiger partial charge in [0.2, 0.25) is 5.28 Å². The van der Waals surface area contributed by atoms with E-state index in [9.17, 15) is 0 Å². The van der Waals surface area contributed by atoms with Crippen molar-refractivity contribution in [3.05, 3.63) is 96.3 Å². The molecule has 0 aliphatic heterocycles. The Morgan fingerprint density at radius 3 is 1.50 bits per heavy atom. The van der Waals surface area contributed by atoms with E-state index >= 15 is 0 Å². The van der Waals surface area contributed by atoms with E-state index < -0.39 is 0 Å². The number of benzene rings is 5. The van der Waals surface area contributed by atoms with Crippen molar-refractivity contribution in [2.24, 2.45) is 0 Å². The molecule has 1 heterocycles. The van der Waals surface area contributed by atoms with Crippen LogP contribution >= 0.6 is 11.6 Å². The van der Waals surface area contributed by atoms with Gasteiger partial charge in [-0.05, 0) is 56.8 Å².